The van der Waals surface area contributed by atoms with Crippen LogP contribution in [0.5, 0.6) is 0 Å². The van der Waals surface area contributed by atoms with E-state index in [1.165, 1.54) is 44.6 Å². The van der Waals surface area contributed by atoms with Crippen LogP contribution >= 0.6 is 0 Å². The first-order valence-electron chi connectivity index (χ1n) is 6.52. The van der Waals surface area contributed by atoms with Crippen LogP contribution < -0.4 is 29.6 Å². The van der Waals surface area contributed by atoms with Crippen LogP contribution in [0.3, 0.4) is 0 Å². The molecular formula is C13H23NaO4S. The molecule has 19 heavy (non-hydrogen) atoms. The first-order chi connectivity index (χ1) is 8.56. The fraction of sp³-hybridized carbons (Fsp3) is 0.692. The van der Waals surface area contributed by atoms with Gasteiger partial charge in [0.15, 0.2) is 0 Å². The summed E-state index contributed by atoms with van der Waals surface area (Å²) in [6.45, 7) is 2.21. The minimum absolute atomic E-state index is 0. The smallest absolute Gasteiger partial charge is 0.716 e. The predicted molar refractivity (Wildman–Crippen MR) is 71.7 cm³/mol. The first kappa shape index (κ1) is 21.5. The molecule has 106 valence electrons. The zero-order valence-corrected chi connectivity index (χ0v) is 14.8. The molecule has 0 aliphatic rings. The van der Waals surface area contributed by atoms with Crippen molar-refractivity contribution >= 4 is 10.4 Å². The van der Waals surface area contributed by atoms with Crippen molar-refractivity contribution in [2.45, 2.75) is 58.3 Å². The van der Waals surface area contributed by atoms with Crippen LogP contribution in [0.2, 0.25) is 0 Å². The average Bonchev–Trinajstić information content (AvgIpc) is 2.29. The Morgan fingerprint density at radius 1 is 1.00 bits per heavy atom. The predicted octanol–water partition coefficient (Wildman–Crippen LogP) is 0.678. The molecule has 0 saturated carbocycles. The molecule has 0 spiro atoms. The molecule has 0 aromatic carbocycles. The largest absolute Gasteiger partial charge is 1.00 e. The minimum atomic E-state index is -4.61. The maximum Gasteiger partial charge on any atom is 1.00 e. The fourth-order valence-electron chi connectivity index (χ4n) is 1.54. The summed E-state index contributed by atoms with van der Waals surface area (Å²) < 4.78 is 34.1. The molecule has 6 heteroatoms. The summed E-state index contributed by atoms with van der Waals surface area (Å²) in [4.78, 5) is 0. The van der Waals surface area contributed by atoms with Gasteiger partial charge >= 0.3 is 29.6 Å². The number of unbranched alkanes of at least 4 members (excludes halogenated alkanes) is 7. The maximum absolute atomic E-state index is 10.1. The Bertz CT molecular complexity index is 337. The first-order valence-corrected chi connectivity index (χ1v) is 7.85. The minimum Gasteiger partial charge on any atom is -0.716 e. The van der Waals surface area contributed by atoms with Crippen molar-refractivity contribution in [3.8, 4) is 0 Å². The quantitative estimate of drug-likeness (QED) is 0.140. The molecule has 0 atom stereocenters. The van der Waals surface area contributed by atoms with Gasteiger partial charge in [-0.2, -0.15) is 0 Å². The summed E-state index contributed by atoms with van der Waals surface area (Å²) in [5.41, 5.74) is 0. The molecule has 4 nitrogen and oxygen atoms in total. The van der Waals surface area contributed by atoms with Crippen LogP contribution in [0.25, 0.3) is 0 Å². The summed E-state index contributed by atoms with van der Waals surface area (Å²) in [5, 5.41) is 0. The molecule has 0 rings (SSSR count). The summed E-state index contributed by atoms with van der Waals surface area (Å²) in [6.07, 6.45) is 15.7. The molecule has 0 fully saturated rings. The number of allylic oxidation sites excluding steroid dienone is 3. The number of hydrogen-bond acceptors (Lipinski definition) is 4. The summed E-state index contributed by atoms with van der Waals surface area (Å²) in [7, 11) is -4.61. The van der Waals surface area contributed by atoms with Crippen molar-refractivity contribution in [1.29, 1.82) is 0 Å². The topological polar surface area (TPSA) is 66.4 Å². The van der Waals surface area contributed by atoms with Crippen LogP contribution in [0.15, 0.2) is 24.5 Å². The molecule has 0 bridgehead atoms. The van der Waals surface area contributed by atoms with Crippen LogP contribution in [0, 0.1) is 0 Å². The average molecular weight is 298 g/mol. The van der Waals surface area contributed by atoms with Gasteiger partial charge in [-0.25, -0.2) is 8.42 Å². The second-order valence-corrected chi connectivity index (χ2v) is 5.18. The molecule has 0 amide bonds. The van der Waals surface area contributed by atoms with E-state index in [-0.39, 0.29) is 29.6 Å². The van der Waals surface area contributed by atoms with Gasteiger partial charge in [-0.05, 0) is 18.9 Å². The van der Waals surface area contributed by atoms with E-state index in [0.29, 0.717) is 0 Å². The standard InChI is InChI=1S/C13H24O4S.Na/c1-2-3-4-5-6-7-8-9-10-11-12-13-17-18(14,15)16;/h10-13H,2-9H2,1H3,(H,14,15,16);/q;+1/p-1. The Hall–Kier alpha value is 0.190. The van der Waals surface area contributed by atoms with Gasteiger partial charge in [0.1, 0.15) is 6.26 Å². The molecule has 0 aliphatic carbocycles. The monoisotopic (exact) mass is 298 g/mol. The molecule has 0 aliphatic heterocycles. The third-order valence-electron chi connectivity index (χ3n) is 2.47. The van der Waals surface area contributed by atoms with E-state index < -0.39 is 10.4 Å². The van der Waals surface area contributed by atoms with Crippen molar-refractivity contribution in [3.05, 3.63) is 24.5 Å². The van der Waals surface area contributed by atoms with Gasteiger partial charge in [0.05, 0.1) is 0 Å². The van der Waals surface area contributed by atoms with E-state index in [0.717, 1.165) is 19.1 Å². The van der Waals surface area contributed by atoms with Gasteiger partial charge in [-0.15, -0.1) is 0 Å². The summed E-state index contributed by atoms with van der Waals surface area (Å²) >= 11 is 0. The van der Waals surface area contributed by atoms with Crippen LogP contribution in [0.4, 0.5) is 0 Å². The normalized spacial score (nSPS) is 11.9. The molecule has 0 saturated heterocycles. The van der Waals surface area contributed by atoms with Crippen molar-refractivity contribution in [1.82, 2.24) is 0 Å². The second-order valence-electron chi connectivity index (χ2n) is 4.17. The Balaban J connectivity index is 0. The zero-order valence-electron chi connectivity index (χ0n) is 12.0. The van der Waals surface area contributed by atoms with Crippen molar-refractivity contribution in [2.24, 2.45) is 0 Å². The summed E-state index contributed by atoms with van der Waals surface area (Å²) in [6, 6.07) is 0. The van der Waals surface area contributed by atoms with Gasteiger partial charge < -0.3 is 8.74 Å². The third-order valence-corrected chi connectivity index (χ3v) is 2.82. The Labute approximate surface area is 139 Å². The van der Waals surface area contributed by atoms with Crippen molar-refractivity contribution in [3.63, 3.8) is 0 Å². The SMILES string of the molecule is CCCCCCCCCC=CC=COS(=O)(=O)[O-].[Na+]. The molecule has 0 aromatic rings. The molecule has 0 radical (unpaired) electrons. The van der Waals surface area contributed by atoms with E-state index >= 15 is 0 Å². The van der Waals surface area contributed by atoms with Crippen molar-refractivity contribution in [2.75, 3.05) is 0 Å². The number of hydrogen-bond donors (Lipinski definition) is 0. The van der Waals surface area contributed by atoms with Crippen LogP contribution in [-0.2, 0) is 14.6 Å². The summed E-state index contributed by atoms with van der Waals surface area (Å²) in [5.74, 6) is 0. The van der Waals surface area contributed by atoms with E-state index in [9.17, 15) is 13.0 Å². The van der Waals surface area contributed by atoms with Crippen LogP contribution in [0.1, 0.15) is 58.3 Å². The second kappa shape index (κ2) is 14.6. The Morgan fingerprint density at radius 3 is 2.16 bits per heavy atom. The van der Waals surface area contributed by atoms with E-state index in [1.807, 2.05) is 6.08 Å². The fourth-order valence-corrected chi connectivity index (χ4v) is 1.74. The van der Waals surface area contributed by atoms with Crippen molar-refractivity contribution < 1.29 is 46.7 Å². The van der Waals surface area contributed by atoms with Gasteiger partial charge in [-0.3, -0.25) is 0 Å². The number of rotatable bonds is 11. The third kappa shape index (κ3) is 20.7. The molecule has 0 heterocycles. The van der Waals surface area contributed by atoms with Gasteiger partial charge in [-0.1, -0.05) is 57.6 Å². The van der Waals surface area contributed by atoms with E-state index in [4.69, 9.17) is 0 Å². The molecule has 0 unspecified atom stereocenters. The zero-order chi connectivity index (χ0) is 13.7. The Morgan fingerprint density at radius 2 is 1.58 bits per heavy atom. The molecule has 0 aromatic heterocycles. The van der Waals surface area contributed by atoms with E-state index in [1.54, 1.807) is 6.08 Å². The maximum atomic E-state index is 10.1. The Kier molecular flexibility index (Phi) is 16.5. The molecular weight excluding hydrogens is 275 g/mol. The molecule has 0 N–H and O–H groups in total. The van der Waals surface area contributed by atoms with Gasteiger partial charge in [0.2, 0.25) is 0 Å². The van der Waals surface area contributed by atoms with Gasteiger partial charge in [0, 0.05) is 0 Å². The van der Waals surface area contributed by atoms with E-state index in [2.05, 4.69) is 11.1 Å². The van der Waals surface area contributed by atoms with Crippen LogP contribution in [-0.4, -0.2) is 13.0 Å². The van der Waals surface area contributed by atoms with Gasteiger partial charge in [0.25, 0.3) is 10.4 Å².